The highest BCUT2D eigenvalue weighted by molar-refractivity contribution is 6.00. The van der Waals surface area contributed by atoms with Crippen LogP contribution >= 0.6 is 0 Å². The van der Waals surface area contributed by atoms with Crippen LogP contribution in [0.15, 0.2) is 134 Å². The van der Waals surface area contributed by atoms with Crippen LogP contribution in [0.3, 0.4) is 0 Å². The summed E-state index contributed by atoms with van der Waals surface area (Å²) in [6, 6.07) is 42.6. The Bertz CT molecular complexity index is 2080. The normalized spacial score (nSPS) is 12.4. The van der Waals surface area contributed by atoms with E-state index in [1.807, 2.05) is 24.4 Å². The van der Waals surface area contributed by atoms with Crippen LogP contribution in [-0.2, 0) is 0 Å². The van der Waals surface area contributed by atoms with Crippen LogP contribution in [0.25, 0.3) is 67.2 Å². The van der Waals surface area contributed by atoms with Gasteiger partial charge >= 0.3 is 0 Å². The molecule has 8 rings (SSSR count). The molecule has 3 aromatic heterocycles. The highest BCUT2D eigenvalue weighted by Gasteiger charge is 2.18. The molecular formula is C37H26N4. The van der Waals surface area contributed by atoms with Crippen molar-refractivity contribution < 1.29 is 0 Å². The minimum Gasteiger partial charge on any atom is -0.379 e. The van der Waals surface area contributed by atoms with E-state index < -0.39 is 0 Å². The average Bonchev–Trinajstić information content (AvgIpc) is 3.39. The van der Waals surface area contributed by atoms with Gasteiger partial charge in [0.2, 0.25) is 0 Å². The fourth-order valence-electron chi connectivity index (χ4n) is 5.95. The molecule has 0 unspecified atom stereocenters. The first-order valence-corrected chi connectivity index (χ1v) is 13.9. The lowest BCUT2D eigenvalue weighted by Gasteiger charge is -2.14. The smallest absolute Gasteiger partial charge is 0.0899 e. The SMILES string of the molecule is C1=Cc2c(c3ccccc3n2-c2ccc(-c3cc(-c4ccccn4)nc(-c4cccc5ccccc45)c3)cc2)NC1. The number of anilines is 1. The third kappa shape index (κ3) is 4.00. The maximum absolute atomic E-state index is 5.11. The van der Waals surface area contributed by atoms with E-state index in [1.54, 1.807) is 0 Å². The third-order valence-corrected chi connectivity index (χ3v) is 7.86. The Morgan fingerprint density at radius 1 is 0.634 bits per heavy atom. The van der Waals surface area contributed by atoms with Crippen LogP contribution in [0.1, 0.15) is 5.69 Å². The molecule has 0 bridgehead atoms. The molecule has 4 heteroatoms. The van der Waals surface area contributed by atoms with E-state index >= 15 is 0 Å². The summed E-state index contributed by atoms with van der Waals surface area (Å²) in [5, 5.41) is 7.20. The number of nitrogens with zero attached hydrogens (tertiary/aromatic N) is 3. The zero-order valence-electron chi connectivity index (χ0n) is 22.3. The lowest BCUT2D eigenvalue weighted by atomic mass is 9.97. The van der Waals surface area contributed by atoms with Crippen LogP contribution in [0.5, 0.6) is 0 Å². The lowest BCUT2D eigenvalue weighted by molar-refractivity contribution is 1.10. The Hall–Kier alpha value is -5.48. The van der Waals surface area contributed by atoms with E-state index in [0.717, 1.165) is 46.0 Å². The third-order valence-electron chi connectivity index (χ3n) is 7.86. The van der Waals surface area contributed by atoms with Crippen LogP contribution < -0.4 is 5.32 Å². The van der Waals surface area contributed by atoms with Gasteiger partial charge in [-0.25, -0.2) is 4.98 Å². The molecule has 4 nitrogen and oxygen atoms in total. The molecule has 1 N–H and O–H groups in total. The van der Waals surface area contributed by atoms with Crippen molar-refractivity contribution in [2.24, 2.45) is 0 Å². The standard InChI is InChI=1S/C37H26N4/c1-2-11-29-26(9-1)10-7-13-30(29)33-23-27(24-34(40-33)32-14-5-6-21-38-32)25-17-19-28(20-18-25)41-35-15-4-3-12-31(35)37-36(41)16-8-22-39-37/h1-21,23-24,39H,22H2. The zero-order chi connectivity index (χ0) is 27.2. The number of rotatable bonds is 4. The van der Waals surface area contributed by atoms with Gasteiger partial charge in [0, 0.05) is 29.4 Å². The number of aromatic nitrogens is 3. The van der Waals surface area contributed by atoms with Crippen molar-refractivity contribution in [3.8, 4) is 39.5 Å². The van der Waals surface area contributed by atoms with E-state index in [2.05, 4.69) is 130 Å². The summed E-state index contributed by atoms with van der Waals surface area (Å²) in [5.74, 6) is 0. The largest absolute Gasteiger partial charge is 0.379 e. The predicted octanol–water partition coefficient (Wildman–Crippen LogP) is 9.01. The Kier molecular flexibility index (Phi) is 5.49. The summed E-state index contributed by atoms with van der Waals surface area (Å²) in [4.78, 5) is 9.73. The van der Waals surface area contributed by atoms with Gasteiger partial charge in [0.1, 0.15) is 0 Å². The number of benzene rings is 4. The number of hydrogen-bond acceptors (Lipinski definition) is 3. The molecule has 41 heavy (non-hydrogen) atoms. The second-order valence-corrected chi connectivity index (χ2v) is 10.3. The topological polar surface area (TPSA) is 42.7 Å². The van der Waals surface area contributed by atoms with Crippen molar-refractivity contribution in [2.75, 3.05) is 11.9 Å². The quantitative estimate of drug-likeness (QED) is 0.249. The number of pyridine rings is 2. The Morgan fingerprint density at radius 3 is 2.29 bits per heavy atom. The molecule has 1 aliphatic rings. The summed E-state index contributed by atoms with van der Waals surface area (Å²) in [6.45, 7) is 0.847. The maximum Gasteiger partial charge on any atom is 0.0899 e. The van der Waals surface area contributed by atoms with E-state index in [0.29, 0.717) is 0 Å². The molecule has 0 radical (unpaired) electrons. The minimum atomic E-state index is 0.847. The molecule has 1 aliphatic heterocycles. The minimum absolute atomic E-state index is 0.847. The van der Waals surface area contributed by atoms with Crippen LogP contribution in [0.2, 0.25) is 0 Å². The van der Waals surface area contributed by atoms with Crippen molar-refractivity contribution in [1.29, 1.82) is 0 Å². The molecule has 0 amide bonds. The van der Waals surface area contributed by atoms with Gasteiger partial charge in [-0.2, -0.15) is 0 Å². The van der Waals surface area contributed by atoms with E-state index in [-0.39, 0.29) is 0 Å². The van der Waals surface area contributed by atoms with E-state index in [9.17, 15) is 0 Å². The second kappa shape index (κ2) is 9.61. The summed E-state index contributed by atoms with van der Waals surface area (Å²) in [5.41, 5.74) is 10.7. The molecule has 7 aromatic rings. The van der Waals surface area contributed by atoms with Crippen molar-refractivity contribution in [3.05, 3.63) is 139 Å². The van der Waals surface area contributed by atoms with Crippen molar-refractivity contribution in [1.82, 2.24) is 14.5 Å². The number of hydrogen-bond donors (Lipinski definition) is 1. The maximum atomic E-state index is 5.11. The molecule has 4 aromatic carbocycles. The lowest BCUT2D eigenvalue weighted by Crippen LogP contribution is -2.05. The first kappa shape index (κ1) is 23.4. The van der Waals surface area contributed by atoms with Gasteiger partial charge in [-0.05, 0) is 70.4 Å². The van der Waals surface area contributed by atoms with Gasteiger partial charge in [-0.3, -0.25) is 4.98 Å². The highest BCUT2D eigenvalue weighted by atomic mass is 15.0. The molecule has 0 aliphatic carbocycles. The first-order chi connectivity index (χ1) is 20.3. The number of nitrogens with one attached hydrogen (secondary N) is 1. The van der Waals surface area contributed by atoms with Crippen molar-refractivity contribution in [3.63, 3.8) is 0 Å². The summed E-state index contributed by atoms with van der Waals surface area (Å²) in [6.07, 6.45) is 6.22. The van der Waals surface area contributed by atoms with Crippen molar-refractivity contribution >= 4 is 33.4 Å². The zero-order valence-corrected chi connectivity index (χ0v) is 22.3. The molecule has 0 spiro atoms. The Balaban J connectivity index is 1.28. The molecule has 0 saturated carbocycles. The van der Waals surface area contributed by atoms with Crippen molar-refractivity contribution in [2.45, 2.75) is 0 Å². The van der Waals surface area contributed by atoms with Gasteiger partial charge in [0.15, 0.2) is 0 Å². The summed E-state index contributed by atoms with van der Waals surface area (Å²) in [7, 11) is 0. The van der Waals surface area contributed by atoms with E-state index in [1.165, 1.54) is 33.1 Å². The van der Waals surface area contributed by atoms with Crippen LogP contribution in [0.4, 0.5) is 5.69 Å². The Labute approximate surface area is 238 Å². The molecule has 0 fully saturated rings. The van der Waals surface area contributed by atoms with Gasteiger partial charge < -0.3 is 9.88 Å². The monoisotopic (exact) mass is 526 g/mol. The summed E-state index contributed by atoms with van der Waals surface area (Å²) >= 11 is 0. The molecule has 0 saturated heterocycles. The first-order valence-electron chi connectivity index (χ1n) is 13.9. The fourth-order valence-corrected chi connectivity index (χ4v) is 5.95. The van der Waals surface area contributed by atoms with Gasteiger partial charge in [0.05, 0.1) is 34.0 Å². The molecular weight excluding hydrogens is 500 g/mol. The highest BCUT2D eigenvalue weighted by Crippen LogP contribution is 2.37. The van der Waals surface area contributed by atoms with Crippen LogP contribution in [-0.4, -0.2) is 21.1 Å². The number of para-hydroxylation sites is 1. The molecule has 194 valence electrons. The molecule has 4 heterocycles. The fraction of sp³-hybridized carbons (Fsp3) is 0.0270. The Morgan fingerprint density at radius 2 is 1.41 bits per heavy atom. The van der Waals surface area contributed by atoms with Gasteiger partial charge in [0.25, 0.3) is 0 Å². The second-order valence-electron chi connectivity index (χ2n) is 10.3. The van der Waals surface area contributed by atoms with Crippen LogP contribution in [0, 0.1) is 0 Å². The summed E-state index contributed by atoms with van der Waals surface area (Å²) < 4.78 is 2.34. The predicted molar refractivity (Wildman–Crippen MR) is 170 cm³/mol. The molecule has 0 atom stereocenters. The average molecular weight is 527 g/mol. The van der Waals surface area contributed by atoms with Gasteiger partial charge in [-0.1, -0.05) is 84.9 Å². The number of fused-ring (bicyclic) bond motifs is 4. The van der Waals surface area contributed by atoms with E-state index in [4.69, 9.17) is 4.98 Å². The van der Waals surface area contributed by atoms with Gasteiger partial charge in [-0.15, -0.1) is 0 Å².